The molecule has 0 saturated heterocycles. The van der Waals surface area contributed by atoms with E-state index < -0.39 is 0 Å². The molecule has 2 aromatic heterocycles. The number of anilines is 1. The number of nitrogen functional groups attached to an aromatic ring is 1. The molecule has 2 heterocycles. The lowest BCUT2D eigenvalue weighted by Crippen LogP contribution is -2.24. The van der Waals surface area contributed by atoms with Crippen LogP contribution >= 0.6 is 11.3 Å². The Kier molecular flexibility index (Phi) is 4.37. The molecule has 4 nitrogen and oxygen atoms in total. The summed E-state index contributed by atoms with van der Waals surface area (Å²) in [6.07, 6.45) is 9.37. The number of hydrogen-bond donors (Lipinski definition) is 2. The van der Waals surface area contributed by atoms with Crippen LogP contribution in [0.3, 0.4) is 0 Å². The molecule has 0 unspecified atom stereocenters. The molecule has 98 valence electrons. The molecule has 0 aliphatic heterocycles. The fourth-order valence-corrected chi connectivity index (χ4v) is 2.75. The van der Waals surface area contributed by atoms with Gasteiger partial charge in [0.05, 0.1) is 10.4 Å². The van der Waals surface area contributed by atoms with Gasteiger partial charge in [0.15, 0.2) is 0 Å². The van der Waals surface area contributed by atoms with Gasteiger partial charge in [-0.2, -0.15) is 0 Å². The number of rotatable bonds is 5. The molecule has 3 N–H and O–H groups in total. The first-order chi connectivity index (χ1) is 9.24. The van der Waals surface area contributed by atoms with E-state index in [1.165, 1.54) is 11.3 Å². The van der Waals surface area contributed by atoms with Crippen LogP contribution in [0.25, 0.3) is 10.2 Å². The van der Waals surface area contributed by atoms with E-state index in [4.69, 9.17) is 12.2 Å². The molecule has 0 atom stereocenters. The van der Waals surface area contributed by atoms with Gasteiger partial charge in [-0.15, -0.1) is 23.7 Å². The van der Waals surface area contributed by atoms with E-state index in [9.17, 15) is 4.79 Å². The number of nitrogens with one attached hydrogen (secondary N) is 1. The predicted octanol–water partition coefficient (Wildman–Crippen LogP) is 2.41. The molecule has 5 heteroatoms. The van der Waals surface area contributed by atoms with Gasteiger partial charge in [0.1, 0.15) is 10.4 Å². The predicted molar refractivity (Wildman–Crippen MR) is 79.0 cm³/mol. The number of pyridine rings is 1. The highest BCUT2D eigenvalue weighted by molar-refractivity contribution is 7.21. The molecule has 0 aliphatic rings. The minimum absolute atomic E-state index is 0.138. The molecule has 2 aromatic rings. The molecule has 0 spiro atoms. The number of amides is 1. The van der Waals surface area contributed by atoms with Crippen molar-refractivity contribution in [3.8, 4) is 12.3 Å². The van der Waals surface area contributed by atoms with Crippen LogP contribution in [0.5, 0.6) is 0 Å². The van der Waals surface area contributed by atoms with Crippen LogP contribution < -0.4 is 11.1 Å². The van der Waals surface area contributed by atoms with Crippen molar-refractivity contribution in [2.75, 3.05) is 12.3 Å². The number of hydrogen-bond acceptors (Lipinski definition) is 4. The zero-order valence-electron chi connectivity index (χ0n) is 10.5. The van der Waals surface area contributed by atoms with Crippen LogP contribution in [0.1, 0.15) is 28.9 Å². The van der Waals surface area contributed by atoms with Crippen molar-refractivity contribution in [3.63, 3.8) is 0 Å². The van der Waals surface area contributed by atoms with Crippen molar-refractivity contribution in [1.82, 2.24) is 10.3 Å². The summed E-state index contributed by atoms with van der Waals surface area (Å²) < 4.78 is 0.928. The summed E-state index contributed by atoms with van der Waals surface area (Å²) in [6.45, 7) is 0.613. The Labute approximate surface area is 116 Å². The Bertz CT molecular complexity index is 627. The van der Waals surface area contributed by atoms with E-state index in [1.807, 2.05) is 12.1 Å². The number of carbonyl (C=O) groups is 1. The third-order valence-electron chi connectivity index (χ3n) is 2.72. The second-order valence-electron chi connectivity index (χ2n) is 4.11. The van der Waals surface area contributed by atoms with E-state index in [0.29, 0.717) is 22.6 Å². The van der Waals surface area contributed by atoms with Gasteiger partial charge in [-0.1, -0.05) is 0 Å². The molecule has 2 rings (SSSR count). The van der Waals surface area contributed by atoms with Gasteiger partial charge in [-0.25, -0.2) is 0 Å². The lowest BCUT2D eigenvalue weighted by Gasteiger charge is -2.03. The Balaban J connectivity index is 2.02. The van der Waals surface area contributed by atoms with Crippen LogP contribution in [0, 0.1) is 12.3 Å². The fourth-order valence-electron chi connectivity index (χ4n) is 1.75. The summed E-state index contributed by atoms with van der Waals surface area (Å²) in [5.74, 6) is 2.44. The van der Waals surface area contributed by atoms with Gasteiger partial charge in [-0.3, -0.25) is 9.78 Å². The Hall–Kier alpha value is -2.06. The zero-order valence-corrected chi connectivity index (χ0v) is 11.3. The summed E-state index contributed by atoms with van der Waals surface area (Å²) >= 11 is 1.37. The number of nitrogens with two attached hydrogens (primary N) is 1. The van der Waals surface area contributed by atoms with Gasteiger partial charge < -0.3 is 11.1 Å². The monoisotopic (exact) mass is 273 g/mol. The number of fused-ring (bicyclic) bond motifs is 1. The molecule has 0 aromatic carbocycles. The van der Waals surface area contributed by atoms with Crippen LogP contribution in [-0.2, 0) is 0 Å². The van der Waals surface area contributed by atoms with Crippen molar-refractivity contribution >= 4 is 33.1 Å². The number of aromatic nitrogens is 1. The molecule has 1 amide bonds. The van der Waals surface area contributed by atoms with Crippen molar-refractivity contribution in [3.05, 3.63) is 23.2 Å². The number of terminal acetylenes is 1. The largest absolute Gasteiger partial charge is 0.396 e. The van der Waals surface area contributed by atoms with Crippen LogP contribution in [-0.4, -0.2) is 17.4 Å². The van der Waals surface area contributed by atoms with E-state index in [0.717, 1.165) is 24.0 Å². The quantitative estimate of drug-likeness (QED) is 0.649. The third-order valence-corrected chi connectivity index (χ3v) is 3.88. The Morgan fingerprint density at radius 1 is 1.53 bits per heavy atom. The van der Waals surface area contributed by atoms with Crippen LogP contribution in [0.15, 0.2) is 18.3 Å². The van der Waals surface area contributed by atoms with E-state index in [1.54, 1.807) is 6.20 Å². The summed E-state index contributed by atoms with van der Waals surface area (Å²) in [6, 6.07) is 3.74. The maximum absolute atomic E-state index is 12.0. The summed E-state index contributed by atoms with van der Waals surface area (Å²) in [5, 5.41) is 2.85. The van der Waals surface area contributed by atoms with Crippen LogP contribution in [0.4, 0.5) is 5.69 Å². The lowest BCUT2D eigenvalue weighted by atomic mass is 10.2. The van der Waals surface area contributed by atoms with Gasteiger partial charge in [0.2, 0.25) is 0 Å². The maximum Gasteiger partial charge on any atom is 0.263 e. The number of carbonyl (C=O) groups excluding carboxylic acids is 1. The highest BCUT2D eigenvalue weighted by Crippen LogP contribution is 2.31. The average molecular weight is 273 g/mol. The number of unbranched alkanes of at least 4 members (excludes halogenated alkanes) is 2. The number of nitrogens with zero attached hydrogens (tertiary/aromatic N) is 1. The van der Waals surface area contributed by atoms with E-state index in [-0.39, 0.29) is 5.91 Å². The SMILES string of the molecule is C#CCCCCNC(=O)c1sc2cccnc2c1N. The average Bonchev–Trinajstić information content (AvgIpc) is 2.76. The Morgan fingerprint density at radius 2 is 2.37 bits per heavy atom. The summed E-state index contributed by atoms with van der Waals surface area (Å²) in [7, 11) is 0. The molecule has 0 bridgehead atoms. The smallest absolute Gasteiger partial charge is 0.263 e. The zero-order chi connectivity index (χ0) is 13.7. The minimum Gasteiger partial charge on any atom is -0.396 e. The summed E-state index contributed by atoms with van der Waals surface area (Å²) in [5.41, 5.74) is 7.11. The first kappa shape index (κ1) is 13.4. The standard InChI is InChI=1S/C14H15N3OS/c1-2-3-4-5-8-17-14(18)13-11(15)12-10(19-13)7-6-9-16-12/h1,6-7,9H,3-5,8,15H2,(H,17,18). The maximum atomic E-state index is 12.0. The van der Waals surface area contributed by atoms with Gasteiger partial charge in [0.25, 0.3) is 5.91 Å². The van der Waals surface area contributed by atoms with E-state index in [2.05, 4.69) is 16.2 Å². The highest BCUT2D eigenvalue weighted by atomic mass is 32.1. The van der Waals surface area contributed by atoms with Crippen molar-refractivity contribution in [1.29, 1.82) is 0 Å². The summed E-state index contributed by atoms with van der Waals surface area (Å²) in [4.78, 5) is 16.7. The topological polar surface area (TPSA) is 68.0 Å². The molecule has 0 fully saturated rings. The fraction of sp³-hybridized carbons (Fsp3) is 0.286. The first-order valence-corrected chi connectivity index (χ1v) is 6.90. The molecule has 0 saturated carbocycles. The van der Waals surface area contributed by atoms with Crippen molar-refractivity contribution in [2.45, 2.75) is 19.3 Å². The molecule has 0 radical (unpaired) electrons. The van der Waals surface area contributed by atoms with Gasteiger partial charge in [-0.05, 0) is 25.0 Å². The Morgan fingerprint density at radius 3 is 3.11 bits per heavy atom. The second-order valence-corrected chi connectivity index (χ2v) is 5.16. The molecular weight excluding hydrogens is 258 g/mol. The minimum atomic E-state index is -0.138. The highest BCUT2D eigenvalue weighted by Gasteiger charge is 2.16. The van der Waals surface area contributed by atoms with Crippen LogP contribution in [0.2, 0.25) is 0 Å². The van der Waals surface area contributed by atoms with E-state index >= 15 is 0 Å². The second kappa shape index (κ2) is 6.21. The van der Waals surface area contributed by atoms with Crippen molar-refractivity contribution in [2.24, 2.45) is 0 Å². The van der Waals surface area contributed by atoms with Gasteiger partial charge in [0, 0.05) is 19.2 Å². The van der Waals surface area contributed by atoms with Crippen molar-refractivity contribution < 1.29 is 4.79 Å². The lowest BCUT2D eigenvalue weighted by molar-refractivity contribution is 0.0958. The molecule has 19 heavy (non-hydrogen) atoms. The number of thiophene rings is 1. The van der Waals surface area contributed by atoms with Gasteiger partial charge >= 0.3 is 0 Å². The molecular formula is C14H15N3OS. The first-order valence-electron chi connectivity index (χ1n) is 6.08. The third kappa shape index (κ3) is 3.04. The normalized spacial score (nSPS) is 10.3. The molecule has 0 aliphatic carbocycles.